The van der Waals surface area contributed by atoms with E-state index in [4.69, 9.17) is 14.5 Å². The number of halogens is 1. The van der Waals surface area contributed by atoms with Gasteiger partial charge >= 0.3 is 0 Å². The molecule has 1 aliphatic heterocycles. The molecule has 0 radical (unpaired) electrons. The second kappa shape index (κ2) is 12.3. The number of rotatable bonds is 10. The van der Waals surface area contributed by atoms with Crippen molar-refractivity contribution in [3.8, 4) is 0 Å². The van der Waals surface area contributed by atoms with Crippen molar-refractivity contribution in [2.45, 2.75) is 33.1 Å². The summed E-state index contributed by atoms with van der Waals surface area (Å²) in [5.74, 6) is 0.948. The van der Waals surface area contributed by atoms with Gasteiger partial charge in [-0.3, -0.25) is 9.89 Å². The zero-order chi connectivity index (χ0) is 16.4. The summed E-state index contributed by atoms with van der Waals surface area (Å²) in [4.78, 5) is 7.24. The summed E-state index contributed by atoms with van der Waals surface area (Å²) in [7, 11) is 0. The number of morpholine rings is 1. The molecule has 0 aromatic carbocycles. The van der Waals surface area contributed by atoms with Gasteiger partial charge in [0.1, 0.15) is 0 Å². The lowest BCUT2D eigenvalue weighted by atomic mass is 10.0. The molecule has 2 rings (SSSR count). The molecule has 2 N–H and O–H groups in total. The van der Waals surface area contributed by atoms with Crippen LogP contribution in [0.5, 0.6) is 0 Å². The first kappa shape index (κ1) is 21.9. The van der Waals surface area contributed by atoms with E-state index in [0.717, 1.165) is 78.1 Å². The molecular formula is C17H35IN4O2. The van der Waals surface area contributed by atoms with E-state index >= 15 is 0 Å². The zero-order valence-corrected chi connectivity index (χ0v) is 17.6. The molecule has 0 amide bonds. The van der Waals surface area contributed by atoms with Gasteiger partial charge in [0.05, 0.1) is 13.2 Å². The SMILES string of the molecule is CCNC(=NCC1(CCOCC)CC1)NCCN1CCOCC1.I. The number of hydrogen-bond acceptors (Lipinski definition) is 4. The van der Waals surface area contributed by atoms with Gasteiger partial charge in [0.15, 0.2) is 5.96 Å². The first-order valence-electron chi connectivity index (χ1n) is 9.18. The fraction of sp³-hybridized carbons (Fsp3) is 0.941. The summed E-state index contributed by atoms with van der Waals surface area (Å²) in [6.45, 7) is 13.4. The Balaban J connectivity index is 0.00000288. The quantitative estimate of drug-likeness (QED) is 0.228. The highest BCUT2D eigenvalue weighted by Crippen LogP contribution is 2.48. The minimum absolute atomic E-state index is 0. The summed E-state index contributed by atoms with van der Waals surface area (Å²) >= 11 is 0. The smallest absolute Gasteiger partial charge is 0.191 e. The molecular weight excluding hydrogens is 419 g/mol. The van der Waals surface area contributed by atoms with Crippen molar-refractivity contribution in [2.75, 3.05) is 65.7 Å². The van der Waals surface area contributed by atoms with E-state index < -0.39 is 0 Å². The Kier molecular flexibility index (Phi) is 11.2. The molecule has 24 heavy (non-hydrogen) atoms. The van der Waals surface area contributed by atoms with Crippen LogP contribution < -0.4 is 10.6 Å². The summed E-state index contributed by atoms with van der Waals surface area (Å²) < 4.78 is 10.9. The van der Waals surface area contributed by atoms with E-state index in [9.17, 15) is 0 Å². The maximum Gasteiger partial charge on any atom is 0.191 e. The molecule has 1 heterocycles. The summed E-state index contributed by atoms with van der Waals surface area (Å²) in [6.07, 6.45) is 3.71. The van der Waals surface area contributed by atoms with Crippen LogP contribution in [-0.2, 0) is 9.47 Å². The van der Waals surface area contributed by atoms with Gasteiger partial charge in [-0.25, -0.2) is 0 Å². The zero-order valence-electron chi connectivity index (χ0n) is 15.3. The Hall–Kier alpha value is -0.120. The van der Waals surface area contributed by atoms with Crippen molar-refractivity contribution in [1.82, 2.24) is 15.5 Å². The monoisotopic (exact) mass is 454 g/mol. The third-order valence-electron chi connectivity index (χ3n) is 4.68. The van der Waals surface area contributed by atoms with E-state index in [-0.39, 0.29) is 24.0 Å². The molecule has 0 aromatic heterocycles. The second-order valence-electron chi connectivity index (χ2n) is 6.52. The fourth-order valence-corrected chi connectivity index (χ4v) is 2.84. The second-order valence-corrected chi connectivity index (χ2v) is 6.52. The van der Waals surface area contributed by atoms with Crippen LogP contribution in [0.15, 0.2) is 4.99 Å². The summed E-state index contributed by atoms with van der Waals surface area (Å²) in [6, 6.07) is 0. The van der Waals surface area contributed by atoms with Gasteiger partial charge in [-0.05, 0) is 38.5 Å². The normalized spacial score (nSPS) is 20.3. The molecule has 6 nitrogen and oxygen atoms in total. The van der Waals surface area contributed by atoms with Crippen molar-refractivity contribution in [1.29, 1.82) is 0 Å². The number of ether oxygens (including phenoxy) is 2. The van der Waals surface area contributed by atoms with Crippen LogP contribution in [0.4, 0.5) is 0 Å². The third kappa shape index (κ3) is 8.31. The van der Waals surface area contributed by atoms with Crippen LogP contribution in [0.1, 0.15) is 33.1 Å². The highest BCUT2D eigenvalue weighted by Gasteiger charge is 2.41. The van der Waals surface area contributed by atoms with Crippen LogP contribution in [-0.4, -0.2) is 76.6 Å². The number of nitrogens with one attached hydrogen (secondary N) is 2. The Morgan fingerprint density at radius 3 is 2.58 bits per heavy atom. The number of guanidine groups is 1. The third-order valence-corrected chi connectivity index (χ3v) is 4.68. The van der Waals surface area contributed by atoms with Gasteiger partial charge in [0, 0.05) is 52.5 Å². The van der Waals surface area contributed by atoms with E-state index in [2.05, 4.69) is 29.4 Å². The molecule has 2 aliphatic rings. The lowest BCUT2D eigenvalue weighted by Gasteiger charge is -2.26. The topological polar surface area (TPSA) is 58.1 Å². The van der Waals surface area contributed by atoms with Gasteiger partial charge in [0.25, 0.3) is 0 Å². The van der Waals surface area contributed by atoms with Gasteiger partial charge in [-0.15, -0.1) is 24.0 Å². The molecule has 1 saturated carbocycles. The molecule has 142 valence electrons. The van der Waals surface area contributed by atoms with E-state index in [0.29, 0.717) is 5.41 Å². The Labute approximate surface area is 164 Å². The van der Waals surface area contributed by atoms with Crippen LogP contribution in [0.3, 0.4) is 0 Å². The van der Waals surface area contributed by atoms with Gasteiger partial charge < -0.3 is 20.1 Å². The van der Waals surface area contributed by atoms with Crippen molar-refractivity contribution >= 4 is 29.9 Å². The van der Waals surface area contributed by atoms with Crippen molar-refractivity contribution in [3.05, 3.63) is 0 Å². The molecule has 1 aliphatic carbocycles. The van der Waals surface area contributed by atoms with Crippen LogP contribution >= 0.6 is 24.0 Å². The first-order valence-corrected chi connectivity index (χ1v) is 9.18. The highest BCUT2D eigenvalue weighted by molar-refractivity contribution is 14.0. The number of nitrogens with zero attached hydrogens (tertiary/aromatic N) is 2. The van der Waals surface area contributed by atoms with Gasteiger partial charge in [0.2, 0.25) is 0 Å². The predicted molar refractivity (Wildman–Crippen MR) is 109 cm³/mol. The van der Waals surface area contributed by atoms with Crippen LogP contribution in [0.2, 0.25) is 0 Å². The summed E-state index contributed by atoms with van der Waals surface area (Å²) in [5.41, 5.74) is 0.404. The molecule has 2 fully saturated rings. The molecule has 0 aromatic rings. The minimum Gasteiger partial charge on any atom is -0.382 e. The van der Waals surface area contributed by atoms with Crippen molar-refractivity contribution in [3.63, 3.8) is 0 Å². The van der Waals surface area contributed by atoms with Gasteiger partial charge in [-0.1, -0.05) is 0 Å². The van der Waals surface area contributed by atoms with E-state index in [1.165, 1.54) is 12.8 Å². The van der Waals surface area contributed by atoms with Gasteiger partial charge in [-0.2, -0.15) is 0 Å². The Bertz CT molecular complexity index is 358. The largest absolute Gasteiger partial charge is 0.382 e. The van der Waals surface area contributed by atoms with Crippen LogP contribution in [0.25, 0.3) is 0 Å². The minimum atomic E-state index is 0. The molecule has 0 spiro atoms. The molecule has 0 atom stereocenters. The lowest BCUT2D eigenvalue weighted by molar-refractivity contribution is 0.0389. The fourth-order valence-electron chi connectivity index (χ4n) is 2.84. The molecule has 0 bridgehead atoms. The molecule has 1 saturated heterocycles. The highest BCUT2D eigenvalue weighted by atomic mass is 127. The number of hydrogen-bond donors (Lipinski definition) is 2. The predicted octanol–water partition coefficient (Wildman–Crippen LogP) is 1.70. The van der Waals surface area contributed by atoms with E-state index in [1.54, 1.807) is 0 Å². The maximum atomic E-state index is 5.50. The van der Waals surface area contributed by atoms with Crippen LogP contribution in [0, 0.1) is 5.41 Å². The average molecular weight is 454 g/mol. The molecule has 7 heteroatoms. The van der Waals surface area contributed by atoms with E-state index in [1.807, 2.05) is 0 Å². The summed E-state index contributed by atoms with van der Waals surface area (Å²) in [5, 5.41) is 6.81. The average Bonchev–Trinajstić information content (AvgIpc) is 3.34. The number of aliphatic imine (C=N–C) groups is 1. The Morgan fingerprint density at radius 1 is 1.21 bits per heavy atom. The van der Waals surface area contributed by atoms with Crippen molar-refractivity contribution in [2.24, 2.45) is 10.4 Å². The van der Waals surface area contributed by atoms with Crippen molar-refractivity contribution < 1.29 is 9.47 Å². The lowest BCUT2D eigenvalue weighted by Crippen LogP contribution is -2.44. The molecule has 0 unspecified atom stereocenters. The maximum absolute atomic E-state index is 5.50. The first-order chi connectivity index (χ1) is 11.3. The standard InChI is InChI=1S/C17H34N4O2.HI/c1-3-18-16(19-8-9-21-10-13-23-14-11-21)20-15-17(5-6-17)7-12-22-4-2;/h3-15H2,1-2H3,(H2,18,19,20);1H. The Morgan fingerprint density at radius 2 is 1.96 bits per heavy atom.